The number of nitrogens with zero attached hydrogens (tertiary/aromatic N) is 2. The summed E-state index contributed by atoms with van der Waals surface area (Å²) in [5.74, 6) is 0.822. The number of aliphatic hydroxyl groups is 2. The molecule has 0 unspecified atom stereocenters. The molecule has 2 N–H and O–H groups in total. The summed E-state index contributed by atoms with van der Waals surface area (Å²) in [7, 11) is 1.00. The van der Waals surface area contributed by atoms with Gasteiger partial charge in [-0.05, 0) is 50.6 Å². The van der Waals surface area contributed by atoms with E-state index in [0.29, 0.717) is 18.1 Å². The predicted octanol–water partition coefficient (Wildman–Crippen LogP) is 3.72. The Bertz CT molecular complexity index is 922. The Morgan fingerprint density at radius 3 is 2.70 bits per heavy atom. The van der Waals surface area contributed by atoms with E-state index in [1.807, 2.05) is 24.3 Å². The van der Waals surface area contributed by atoms with Gasteiger partial charge >= 0.3 is 0 Å². The van der Waals surface area contributed by atoms with E-state index in [1.54, 1.807) is 6.07 Å². The van der Waals surface area contributed by atoms with Crippen LogP contribution in [-0.4, -0.2) is 53.6 Å². The Kier molecular flexibility index (Phi) is 8.19. The molecule has 6 nitrogen and oxygen atoms in total. The van der Waals surface area contributed by atoms with Crippen LogP contribution < -0.4 is 4.74 Å². The molecule has 0 radical (unpaired) electrons. The molecule has 0 saturated carbocycles. The minimum atomic E-state index is -0.297. The molecule has 3 aromatic rings. The number of hydrogen-bond donors (Lipinski definition) is 2. The molecule has 1 aromatic heterocycles. The molecule has 1 aliphatic heterocycles. The lowest BCUT2D eigenvalue weighted by Gasteiger charge is -2.31. The number of piperidine rings is 1. The molecule has 0 atom stereocenters. The molecule has 0 bridgehead atoms. The van der Waals surface area contributed by atoms with E-state index in [9.17, 15) is 9.50 Å². The fourth-order valence-electron chi connectivity index (χ4n) is 3.90. The number of ether oxygens (including phenoxy) is 1. The maximum absolute atomic E-state index is 13.3. The van der Waals surface area contributed by atoms with Crippen LogP contribution in [0.1, 0.15) is 36.4 Å². The van der Waals surface area contributed by atoms with Crippen molar-refractivity contribution < 1.29 is 23.9 Å². The van der Waals surface area contributed by atoms with Crippen molar-refractivity contribution >= 4 is 11.0 Å². The number of fused-ring (bicyclic) bond motifs is 1. The lowest BCUT2D eigenvalue weighted by atomic mass is 9.91. The molecule has 0 amide bonds. The maximum atomic E-state index is 13.3. The summed E-state index contributed by atoms with van der Waals surface area (Å²) >= 11 is 0. The van der Waals surface area contributed by atoms with Crippen molar-refractivity contribution in [2.45, 2.75) is 31.8 Å². The third-order valence-corrected chi connectivity index (χ3v) is 5.46. The number of hydrogen-bond acceptors (Lipinski definition) is 6. The van der Waals surface area contributed by atoms with Crippen LogP contribution in [0.15, 0.2) is 47.0 Å². The maximum Gasteiger partial charge on any atom is 0.170 e. The van der Waals surface area contributed by atoms with E-state index in [4.69, 9.17) is 14.4 Å². The van der Waals surface area contributed by atoms with Crippen molar-refractivity contribution in [2.24, 2.45) is 0 Å². The molecule has 4 rings (SSSR count). The SMILES string of the molecule is CO.OCc1ccccc1OCCCN1CCC(c2noc3cc(F)ccc23)CC1. The van der Waals surface area contributed by atoms with Crippen molar-refractivity contribution in [3.63, 3.8) is 0 Å². The van der Waals surface area contributed by atoms with E-state index in [0.717, 1.165) is 68.4 Å². The number of rotatable bonds is 7. The van der Waals surface area contributed by atoms with Crippen LogP contribution in [-0.2, 0) is 6.61 Å². The summed E-state index contributed by atoms with van der Waals surface area (Å²) in [6, 6.07) is 12.2. The Hall–Kier alpha value is -2.48. The first-order valence-corrected chi connectivity index (χ1v) is 10.3. The first-order chi connectivity index (χ1) is 14.7. The van der Waals surface area contributed by atoms with E-state index in [1.165, 1.54) is 12.1 Å². The first kappa shape index (κ1) is 22.2. The fraction of sp³-hybridized carbons (Fsp3) is 0.435. The van der Waals surface area contributed by atoms with Gasteiger partial charge in [-0.15, -0.1) is 0 Å². The number of halogens is 1. The van der Waals surface area contributed by atoms with E-state index in [-0.39, 0.29) is 12.4 Å². The van der Waals surface area contributed by atoms with Crippen LogP contribution in [0.2, 0.25) is 0 Å². The number of aromatic nitrogens is 1. The quantitative estimate of drug-likeness (QED) is 0.572. The summed E-state index contributed by atoms with van der Waals surface area (Å²) < 4.78 is 24.5. The topological polar surface area (TPSA) is 79.0 Å². The highest BCUT2D eigenvalue weighted by molar-refractivity contribution is 5.79. The third kappa shape index (κ3) is 5.36. The smallest absolute Gasteiger partial charge is 0.170 e. The van der Waals surface area contributed by atoms with E-state index in [2.05, 4.69) is 10.1 Å². The van der Waals surface area contributed by atoms with Gasteiger partial charge in [-0.25, -0.2) is 4.39 Å². The van der Waals surface area contributed by atoms with Gasteiger partial charge in [0.1, 0.15) is 11.6 Å². The second-order valence-electron chi connectivity index (χ2n) is 7.29. The van der Waals surface area contributed by atoms with Crippen LogP contribution >= 0.6 is 0 Å². The standard InChI is InChI=1S/C22H25FN2O3.CH4O/c23-18-6-7-19-21(14-18)28-24-22(19)16-8-11-25(12-9-16)10-3-13-27-20-5-2-1-4-17(20)15-26;1-2/h1-2,4-7,14,16,26H,3,8-13,15H2;2H,1H3. The van der Waals surface area contributed by atoms with Gasteiger partial charge < -0.3 is 24.4 Å². The van der Waals surface area contributed by atoms with Crippen LogP contribution in [0.4, 0.5) is 4.39 Å². The van der Waals surface area contributed by atoms with Gasteiger partial charge in [0.05, 0.1) is 18.9 Å². The van der Waals surface area contributed by atoms with Crippen LogP contribution in [0.5, 0.6) is 5.75 Å². The number of likely N-dealkylation sites (tertiary alicyclic amines) is 1. The lowest BCUT2D eigenvalue weighted by molar-refractivity contribution is 0.189. The molecule has 1 aliphatic rings. The summed E-state index contributed by atoms with van der Waals surface area (Å²) in [5, 5.41) is 21.5. The highest BCUT2D eigenvalue weighted by atomic mass is 19.1. The second kappa shape index (κ2) is 11.1. The van der Waals surface area contributed by atoms with Gasteiger partial charge in [0, 0.05) is 36.6 Å². The van der Waals surface area contributed by atoms with E-state index >= 15 is 0 Å². The zero-order valence-electron chi connectivity index (χ0n) is 17.3. The van der Waals surface area contributed by atoms with Gasteiger partial charge in [-0.2, -0.15) is 0 Å². The Labute approximate surface area is 175 Å². The first-order valence-electron chi connectivity index (χ1n) is 10.3. The van der Waals surface area contributed by atoms with Crippen LogP contribution in [0, 0.1) is 5.82 Å². The van der Waals surface area contributed by atoms with Gasteiger partial charge in [-0.3, -0.25) is 0 Å². The van der Waals surface area contributed by atoms with Crippen molar-refractivity contribution in [3.8, 4) is 5.75 Å². The molecule has 30 heavy (non-hydrogen) atoms. The Morgan fingerprint density at radius 2 is 1.93 bits per heavy atom. The van der Waals surface area contributed by atoms with Crippen LogP contribution in [0.3, 0.4) is 0 Å². The molecule has 0 spiro atoms. The molecule has 2 heterocycles. The van der Waals surface area contributed by atoms with Crippen LogP contribution in [0.25, 0.3) is 11.0 Å². The Morgan fingerprint density at radius 1 is 1.17 bits per heavy atom. The van der Waals surface area contributed by atoms with Crippen molar-refractivity contribution in [1.82, 2.24) is 10.1 Å². The highest BCUT2D eigenvalue weighted by Crippen LogP contribution is 2.32. The fourth-order valence-corrected chi connectivity index (χ4v) is 3.90. The zero-order valence-corrected chi connectivity index (χ0v) is 17.3. The molecular weight excluding hydrogens is 387 g/mol. The molecule has 2 aromatic carbocycles. The Balaban J connectivity index is 0.00000124. The number of para-hydroxylation sites is 1. The van der Waals surface area contributed by atoms with Crippen molar-refractivity contribution in [1.29, 1.82) is 0 Å². The monoisotopic (exact) mass is 416 g/mol. The summed E-state index contributed by atoms with van der Waals surface area (Å²) in [5.41, 5.74) is 2.30. The molecule has 0 aliphatic carbocycles. The average molecular weight is 416 g/mol. The van der Waals surface area contributed by atoms with Gasteiger partial charge in [0.25, 0.3) is 0 Å². The molecule has 1 fully saturated rings. The normalized spacial score (nSPS) is 15.1. The third-order valence-electron chi connectivity index (χ3n) is 5.46. The van der Waals surface area contributed by atoms with Gasteiger partial charge in [0.15, 0.2) is 5.58 Å². The van der Waals surface area contributed by atoms with Gasteiger partial charge in [-0.1, -0.05) is 23.4 Å². The molecule has 1 saturated heterocycles. The molecule has 7 heteroatoms. The predicted molar refractivity (Wildman–Crippen MR) is 113 cm³/mol. The zero-order chi connectivity index (χ0) is 21.3. The van der Waals surface area contributed by atoms with Gasteiger partial charge in [0.2, 0.25) is 0 Å². The van der Waals surface area contributed by atoms with E-state index < -0.39 is 0 Å². The van der Waals surface area contributed by atoms with Crippen molar-refractivity contribution in [2.75, 3.05) is 33.4 Å². The highest BCUT2D eigenvalue weighted by Gasteiger charge is 2.24. The minimum absolute atomic E-state index is 0.00689. The summed E-state index contributed by atoms with van der Waals surface area (Å²) in [6.07, 6.45) is 2.98. The molecular formula is C23H29FN2O4. The summed E-state index contributed by atoms with van der Waals surface area (Å²) in [4.78, 5) is 2.44. The average Bonchev–Trinajstić information content (AvgIpc) is 3.21. The lowest BCUT2D eigenvalue weighted by Crippen LogP contribution is -2.34. The number of benzene rings is 2. The largest absolute Gasteiger partial charge is 0.493 e. The summed E-state index contributed by atoms with van der Waals surface area (Å²) in [6.45, 7) is 3.63. The second-order valence-corrected chi connectivity index (χ2v) is 7.29. The number of aliphatic hydroxyl groups excluding tert-OH is 2. The molecule has 162 valence electrons. The van der Waals surface area contributed by atoms with Crippen molar-refractivity contribution in [3.05, 3.63) is 59.5 Å². The minimum Gasteiger partial charge on any atom is -0.493 e.